The lowest BCUT2D eigenvalue weighted by molar-refractivity contribution is -0.140. The summed E-state index contributed by atoms with van der Waals surface area (Å²) in [6, 6.07) is 3.58. The Morgan fingerprint density at radius 3 is 2.24 bits per heavy atom. The van der Waals surface area contributed by atoms with Gasteiger partial charge in [0.25, 0.3) is 0 Å². The van der Waals surface area contributed by atoms with Gasteiger partial charge in [-0.2, -0.15) is 0 Å². The summed E-state index contributed by atoms with van der Waals surface area (Å²) >= 11 is 0. The van der Waals surface area contributed by atoms with E-state index in [0.29, 0.717) is 17.2 Å². The van der Waals surface area contributed by atoms with Crippen molar-refractivity contribution in [1.29, 1.82) is 0 Å². The summed E-state index contributed by atoms with van der Waals surface area (Å²) in [4.78, 5) is 11.6. The van der Waals surface area contributed by atoms with E-state index in [1.165, 1.54) is 0 Å². The first kappa shape index (κ1) is 11.8. The Labute approximate surface area is 100 Å². The zero-order valence-electron chi connectivity index (χ0n) is 10.4. The number of carbonyl (C=O) groups is 1. The van der Waals surface area contributed by atoms with Crippen molar-refractivity contribution in [1.82, 2.24) is 0 Å². The van der Waals surface area contributed by atoms with Crippen LogP contribution in [0.4, 0.5) is 0 Å². The van der Waals surface area contributed by atoms with Crippen molar-refractivity contribution in [2.24, 2.45) is 5.92 Å². The molecule has 0 saturated carbocycles. The van der Waals surface area contributed by atoms with Gasteiger partial charge in [-0.15, -0.1) is 0 Å². The number of methoxy groups -OCH3 is 2. The molecular formula is C13H16O4. The molecule has 4 heteroatoms. The van der Waals surface area contributed by atoms with Gasteiger partial charge in [-0.1, -0.05) is 13.8 Å². The first-order chi connectivity index (χ1) is 8.08. The summed E-state index contributed by atoms with van der Waals surface area (Å²) < 4.78 is 15.7. The molecule has 0 fully saturated rings. The Morgan fingerprint density at radius 1 is 1.06 bits per heavy atom. The van der Waals surface area contributed by atoms with Gasteiger partial charge in [-0.3, -0.25) is 4.79 Å². The maximum Gasteiger partial charge on any atom is 0.314 e. The van der Waals surface area contributed by atoms with E-state index >= 15 is 0 Å². The van der Waals surface area contributed by atoms with Crippen molar-refractivity contribution in [3.8, 4) is 17.2 Å². The van der Waals surface area contributed by atoms with Crippen molar-refractivity contribution >= 4 is 5.97 Å². The van der Waals surface area contributed by atoms with E-state index in [1.54, 1.807) is 20.3 Å². The lowest BCUT2D eigenvalue weighted by Crippen LogP contribution is -2.28. The molecule has 0 N–H and O–H groups in total. The van der Waals surface area contributed by atoms with Crippen molar-refractivity contribution in [2.45, 2.75) is 19.8 Å². The van der Waals surface area contributed by atoms with Gasteiger partial charge in [0.2, 0.25) is 0 Å². The average molecular weight is 236 g/mol. The number of rotatable bonds is 2. The van der Waals surface area contributed by atoms with E-state index in [2.05, 4.69) is 0 Å². The summed E-state index contributed by atoms with van der Waals surface area (Å²) in [7, 11) is 3.15. The number of fused-ring (bicyclic) bond motifs is 1. The molecule has 92 valence electrons. The first-order valence-electron chi connectivity index (χ1n) is 5.56. The second-order valence-electron chi connectivity index (χ2n) is 4.24. The molecule has 1 aromatic carbocycles. The van der Waals surface area contributed by atoms with Crippen LogP contribution in [-0.2, 0) is 4.79 Å². The van der Waals surface area contributed by atoms with Gasteiger partial charge >= 0.3 is 5.97 Å². The molecule has 0 aromatic heterocycles. The molecule has 0 spiro atoms. The standard InChI is InChI=1S/C13H16O4/c1-7-8(2)13(14)17-10-6-12(16-4)11(15-3)5-9(7)10/h5-8H,1-4H3. The highest BCUT2D eigenvalue weighted by atomic mass is 16.5. The third-order valence-electron chi connectivity index (χ3n) is 3.34. The number of esters is 1. The number of carbonyl (C=O) groups excluding carboxylic acids is 1. The van der Waals surface area contributed by atoms with Gasteiger partial charge in [0.05, 0.1) is 20.1 Å². The predicted octanol–water partition coefficient (Wildman–Crippen LogP) is 2.36. The number of ether oxygens (including phenoxy) is 3. The van der Waals surface area contributed by atoms with Gasteiger partial charge in [0.1, 0.15) is 5.75 Å². The summed E-state index contributed by atoms with van der Waals surface area (Å²) in [5.74, 6) is 1.58. The highest BCUT2D eigenvalue weighted by Gasteiger charge is 2.32. The smallest absolute Gasteiger partial charge is 0.314 e. The number of hydrogen-bond donors (Lipinski definition) is 0. The van der Waals surface area contributed by atoms with Crippen LogP contribution in [0.15, 0.2) is 12.1 Å². The fourth-order valence-corrected chi connectivity index (χ4v) is 2.00. The molecule has 4 nitrogen and oxygen atoms in total. The largest absolute Gasteiger partial charge is 0.493 e. The number of benzene rings is 1. The van der Waals surface area contributed by atoms with Crippen LogP contribution in [0, 0.1) is 5.92 Å². The summed E-state index contributed by atoms with van der Waals surface area (Å²) in [6.45, 7) is 3.88. The van der Waals surface area contributed by atoms with E-state index in [1.807, 2.05) is 19.9 Å². The van der Waals surface area contributed by atoms with Crippen molar-refractivity contribution in [2.75, 3.05) is 14.2 Å². The Morgan fingerprint density at radius 2 is 1.65 bits per heavy atom. The maximum atomic E-state index is 11.6. The van der Waals surface area contributed by atoms with Crippen LogP contribution < -0.4 is 14.2 Å². The molecule has 2 rings (SSSR count). The monoisotopic (exact) mass is 236 g/mol. The van der Waals surface area contributed by atoms with Crippen LogP contribution in [-0.4, -0.2) is 20.2 Å². The molecule has 0 radical (unpaired) electrons. The lowest BCUT2D eigenvalue weighted by atomic mass is 9.86. The van der Waals surface area contributed by atoms with Crippen molar-refractivity contribution in [3.05, 3.63) is 17.7 Å². The van der Waals surface area contributed by atoms with E-state index in [-0.39, 0.29) is 17.8 Å². The molecule has 0 aliphatic carbocycles. The molecule has 1 heterocycles. The van der Waals surface area contributed by atoms with E-state index < -0.39 is 0 Å². The zero-order chi connectivity index (χ0) is 12.6. The Balaban J connectivity index is 2.53. The summed E-state index contributed by atoms with van der Waals surface area (Å²) in [5, 5.41) is 0. The van der Waals surface area contributed by atoms with E-state index in [0.717, 1.165) is 5.56 Å². The molecule has 2 unspecified atom stereocenters. The molecule has 1 aliphatic rings. The van der Waals surface area contributed by atoms with Crippen LogP contribution >= 0.6 is 0 Å². The minimum Gasteiger partial charge on any atom is -0.493 e. The fraction of sp³-hybridized carbons (Fsp3) is 0.462. The molecule has 1 aliphatic heterocycles. The topological polar surface area (TPSA) is 44.8 Å². The lowest BCUT2D eigenvalue weighted by Gasteiger charge is -2.27. The van der Waals surface area contributed by atoms with E-state index in [4.69, 9.17) is 14.2 Å². The molecule has 0 amide bonds. The van der Waals surface area contributed by atoms with Crippen LogP contribution in [0.1, 0.15) is 25.3 Å². The second kappa shape index (κ2) is 4.28. The summed E-state index contributed by atoms with van der Waals surface area (Å²) in [6.07, 6.45) is 0. The zero-order valence-corrected chi connectivity index (χ0v) is 10.4. The second-order valence-corrected chi connectivity index (χ2v) is 4.24. The first-order valence-corrected chi connectivity index (χ1v) is 5.56. The van der Waals surface area contributed by atoms with Crippen LogP contribution in [0.2, 0.25) is 0 Å². The van der Waals surface area contributed by atoms with Gasteiger partial charge in [0.15, 0.2) is 11.5 Å². The predicted molar refractivity (Wildman–Crippen MR) is 62.8 cm³/mol. The Bertz CT molecular complexity index is 453. The Kier molecular flexibility index (Phi) is 2.96. The molecule has 1 aromatic rings. The average Bonchev–Trinajstić information content (AvgIpc) is 2.34. The van der Waals surface area contributed by atoms with Crippen LogP contribution in [0.3, 0.4) is 0 Å². The highest BCUT2D eigenvalue weighted by Crippen LogP contribution is 2.43. The van der Waals surface area contributed by atoms with Crippen molar-refractivity contribution in [3.63, 3.8) is 0 Å². The quantitative estimate of drug-likeness (QED) is 0.584. The maximum absolute atomic E-state index is 11.6. The summed E-state index contributed by atoms with van der Waals surface area (Å²) in [5.41, 5.74) is 0.981. The SMILES string of the molecule is COc1cc2c(cc1OC)C(C)C(C)C(=O)O2. The fourth-order valence-electron chi connectivity index (χ4n) is 2.00. The van der Waals surface area contributed by atoms with Gasteiger partial charge in [0, 0.05) is 11.6 Å². The third kappa shape index (κ3) is 1.84. The normalized spacial score (nSPS) is 22.7. The highest BCUT2D eigenvalue weighted by molar-refractivity contribution is 5.79. The number of hydrogen-bond acceptors (Lipinski definition) is 4. The minimum atomic E-state index is -0.197. The molecular weight excluding hydrogens is 220 g/mol. The molecule has 0 bridgehead atoms. The molecule has 2 atom stereocenters. The Hall–Kier alpha value is -1.71. The molecule has 0 saturated heterocycles. The van der Waals surface area contributed by atoms with Gasteiger partial charge in [-0.25, -0.2) is 0 Å². The van der Waals surface area contributed by atoms with Gasteiger partial charge in [-0.05, 0) is 12.0 Å². The third-order valence-corrected chi connectivity index (χ3v) is 3.34. The van der Waals surface area contributed by atoms with Crippen molar-refractivity contribution < 1.29 is 19.0 Å². The van der Waals surface area contributed by atoms with Crippen LogP contribution in [0.25, 0.3) is 0 Å². The minimum absolute atomic E-state index is 0.117. The van der Waals surface area contributed by atoms with Crippen LogP contribution in [0.5, 0.6) is 17.2 Å². The molecule has 17 heavy (non-hydrogen) atoms. The van der Waals surface area contributed by atoms with E-state index in [9.17, 15) is 4.79 Å². The van der Waals surface area contributed by atoms with Gasteiger partial charge < -0.3 is 14.2 Å².